The Labute approximate surface area is 147 Å². The maximum Gasteiger partial charge on any atom is 0.321 e. The van der Waals surface area contributed by atoms with Gasteiger partial charge in [0.1, 0.15) is 0 Å². The van der Waals surface area contributed by atoms with E-state index in [0.29, 0.717) is 11.4 Å². The average molecular weight is 347 g/mol. The number of rotatable bonds is 5. The second kappa shape index (κ2) is 9.63. The first kappa shape index (κ1) is 18.7. The lowest BCUT2D eigenvalue weighted by Gasteiger charge is -2.20. The van der Waals surface area contributed by atoms with E-state index in [4.69, 9.17) is 5.73 Å². The van der Waals surface area contributed by atoms with Crippen LogP contribution in [0.2, 0.25) is 0 Å². The summed E-state index contributed by atoms with van der Waals surface area (Å²) in [6.45, 7) is 1.28. The van der Waals surface area contributed by atoms with Crippen LogP contribution in [0, 0.1) is 0 Å². The lowest BCUT2D eigenvalue weighted by molar-refractivity contribution is -0.123. The number of anilines is 2. The number of urea groups is 1. The number of likely N-dealkylation sites (tertiary alicyclic amines) is 1. The minimum atomic E-state index is -0.387. The highest BCUT2D eigenvalue weighted by atomic mass is 16.2. The SMILES string of the molecule is NCC(=O)NCC(=O)Nc1ccc(NC(=O)N2CCCCCC2)cc1. The van der Waals surface area contributed by atoms with Crippen LogP contribution >= 0.6 is 0 Å². The van der Waals surface area contributed by atoms with E-state index in [1.165, 1.54) is 12.8 Å². The van der Waals surface area contributed by atoms with Crippen molar-refractivity contribution in [2.24, 2.45) is 5.73 Å². The third-order valence-corrected chi connectivity index (χ3v) is 3.94. The Hall–Kier alpha value is -2.61. The molecular formula is C17H25N5O3. The van der Waals surface area contributed by atoms with Crippen LogP contribution in [0.5, 0.6) is 0 Å². The molecule has 1 saturated heterocycles. The Kier molecular flexibility index (Phi) is 7.21. The van der Waals surface area contributed by atoms with Gasteiger partial charge in [-0.15, -0.1) is 0 Å². The molecule has 1 fully saturated rings. The van der Waals surface area contributed by atoms with Crippen molar-refractivity contribution in [3.63, 3.8) is 0 Å². The highest BCUT2D eigenvalue weighted by Crippen LogP contribution is 2.15. The molecule has 1 aliphatic heterocycles. The van der Waals surface area contributed by atoms with Crippen LogP contribution in [0.4, 0.5) is 16.2 Å². The molecule has 0 saturated carbocycles. The molecule has 5 N–H and O–H groups in total. The standard InChI is InChI=1S/C17H25N5O3/c18-11-15(23)19-12-16(24)20-13-5-7-14(8-6-13)21-17(25)22-9-3-1-2-4-10-22/h5-8H,1-4,9-12,18H2,(H,19,23)(H,20,24)(H,21,25). The fraction of sp³-hybridized carbons (Fsp3) is 0.471. The van der Waals surface area contributed by atoms with Crippen LogP contribution in [0.1, 0.15) is 25.7 Å². The van der Waals surface area contributed by atoms with Gasteiger partial charge in [0.05, 0.1) is 13.1 Å². The molecule has 0 aliphatic carbocycles. The number of nitrogens with two attached hydrogens (primary N) is 1. The van der Waals surface area contributed by atoms with E-state index in [2.05, 4.69) is 16.0 Å². The number of hydrogen-bond donors (Lipinski definition) is 4. The van der Waals surface area contributed by atoms with Crippen molar-refractivity contribution in [2.45, 2.75) is 25.7 Å². The van der Waals surface area contributed by atoms with Crippen LogP contribution in [-0.2, 0) is 9.59 Å². The number of benzene rings is 1. The lowest BCUT2D eigenvalue weighted by atomic mass is 10.2. The molecule has 1 heterocycles. The van der Waals surface area contributed by atoms with Crippen LogP contribution in [0.25, 0.3) is 0 Å². The Bertz CT molecular complexity index is 595. The zero-order valence-corrected chi connectivity index (χ0v) is 14.2. The number of carbonyl (C=O) groups excluding carboxylic acids is 3. The highest BCUT2D eigenvalue weighted by molar-refractivity contribution is 5.95. The van der Waals surface area contributed by atoms with Gasteiger partial charge >= 0.3 is 6.03 Å². The number of carbonyl (C=O) groups is 3. The molecule has 0 atom stereocenters. The van der Waals surface area contributed by atoms with E-state index in [9.17, 15) is 14.4 Å². The Morgan fingerprint density at radius 3 is 2.00 bits per heavy atom. The second-order valence-electron chi connectivity index (χ2n) is 5.94. The van der Waals surface area contributed by atoms with Gasteiger partial charge in [-0.2, -0.15) is 0 Å². The van der Waals surface area contributed by atoms with Gasteiger partial charge in [-0.3, -0.25) is 9.59 Å². The molecule has 1 aliphatic rings. The van der Waals surface area contributed by atoms with Gasteiger partial charge in [-0.05, 0) is 37.1 Å². The molecule has 136 valence electrons. The van der Waals surface area contributed by atoms with Gasteiger partial charge in [0, 0.05) is 24.5 Å². The monoisotopic (exact) mass is 347 g/mol. The van der Waals surface area contributed by atoms with Crippen LogP contribution in [0.15, 0.2) is 24.3 Å². The van der Waals surface area contributed by atoms with Gasteiger partial charge in [0.2, 0.25) is 11.8 Å². The molecule has 0 spiro atoms. The summed E-state index contributed by atoms with van der Waals surface area (Å²) in [6, 6.07) is 6.75. The topological polar surface area (TPSA) is 117 Å². The summed E-state index contributed by atoms with van der Waals surface area (Å²) in [4.78, 5) is 36.8. The second-order valence-corrected chi connectivity index (χ2v) is 5.94. The van der Waals surface area contributed by atoms with Crippen LogP contribution < -0.4 is 21.7 Å². The summed E-state index contributed by atoms with van der Waals surface area (Å²) in [6.07, 6.45) is 4.42. The molecule has 8 heteroatoms. The first-order valence-corrected chi connectivity index (χ1v) is 8.51. The summed E-state index contributed by atoms with van der Waals surface area (Å²) in [7, 11) is 0. The maximum atomic E-state index is 12.3. The predicted molar refractivity (Wildman–Crippen MR) is 96.2 cm³/mol. The fourth-order valence-electron chi connectivity index (χ4n) is 2.57. The molecule has 0 aromatic heterocycles. The molecule has 1 aromatic rings. The van der Waals surface area contributed by atoms with Crippen LogP contribution in [-0.4, -0.2) is 48.9 Å². The molecule has 4 amide bonds. The first-order chi connectivity index (χ1) is 12.1. The lowest BCUT2D eigenvalue weighted by Crippen LogP contribution is -2.36. The molecular weight excluding hydrogens is 322 g/mol. The number of nitrogens with zero attached hydrogens (tertiary/aromatic N) is 1. The van der Waals surface area contributed by atoms with E-state index in [0.717, 1.165) is 25.9 Å². The molecule has 25 heavy (non-hydrogen) atoms. The Morgan fingerprint density at radius 2 is 1.44 bits per heavy atom. The van der Waals surface area contributed by atoms with Gasteiger partial charge < -0.3 is 26.6 Å². The van der Waals surface area contributed by atoms with Gasteiger partial charge in [0.25, 0.3) is 0 Å². The van der Waals surface area contributed by atoms with E-state index in [1.807, 2.05) is 4.90 Å². The van der Waals surface area contributed by atoms with E-state index in [1.54, 1.807) is 24.3 Å². The zero-order valence-electron chi connectivity index (χ0n) is 14.2. The van der Waals surface area contributed by atoms with Gasteiger partial charge in [0.15, 0.2) is 0 Å². The Balaban J connectivity index is 1.81. The van der Waals surface area contributed by atoms with Crippen molar-refractivity contribution in [2.75, 3.05) is 36.8 Å². The Morgan fingerprint density at radius 1 is 0.880 bits per heavy atom. The van der Waals surface area contributed by atoms with Crippen molar-refractivity contribution < 1.29 is 14.4 Å². The van der Waals surface area contributed by atoms with Crippen molar-refractivity contribution >= 4 is 29.2 Å². The van der Waals surface area contributed by atoms with Gasteiger partial charge in [-0.1, -0.05) is 12.8 Å². The molecule has 0 radical (unpaired) electrons. The minimum absolute atomic E-state index is 0.0943. The van der Waals surface area contributed by atoms with Crippen molar-refractivity contribution in [3.05, 3.63) is 24.3 Å². The smallest absolute Gasteiger partial charge is 0.321 e. The third kappa shape index (κ3) is 6.42. The first-order valence-electron chi connectivity index (χ1n) is 8.51. The minimum Gasteiger partial charge on any atom is -0.346 e. The molecule has 0 unspecified atom stereocenters. The summed E-state index contributed by atoms with van der Waals surface area (Å²) in [5.74, 6) is -0.732. The molecule has 1 aromatic carbocycles. The average Bonchev–Trinajstić information content (AvgIpc) is 2.91. The normalized spacial score (nSPS) is 14.4. The molecule has 8 nitrogen and oxygen atoms in total. The fourth-order valence-corrected chi connectivity index (χ4v) is 2.57. The largest absolute Gasteiger partial charge is 0.346 e. The molecule has 2 rings (SSSR count). The highest BCUT2D eigenvalue weighted by Gasteiger charge is 2.15. The predicted octanol–water partition coefficient (Wildman–Crippen LogP) is 1.11. The summed E-state index contributed by atoms with van der Waals surface area (Å²) < 4.78 is 0. The zero-order chi connectivity index (χ0) is 18.1. The number of amides is 4. The van der Waals surface area contributed by atoms with E-state index in [-0.39, 0.29) is 30.9 Å². The maximum absolute atomic E-state index is 12.3. The number of nitrogens with one attached hydrogen (secondary N) is 3. The van der Waals surface area contributed by atoms with E-state index >= 15 is 0 Å². The van der Waals surface area contributed by atoms with E-state index < -0.39 is 0 Å². The summed E-state index contributed by atoms with van der Waals surface area (Å²) >= 11 is 0. The third-order valence-electron chi connectivity index (χ3n) is 3.94. The summed E-state index contributed by atoms with van der Waals surface area (Å²) in [5.41, 5.74) is 6.40. The van der Waals surface area contributed by atoms with Gasteiger partial charge in [-0.25, -0.2) is 4.79 Å². The van der Waals surface area contributed by atoms with Crippen molar-refractivity contribution in [3.8, 4) is 0 Å². The van der Waals surface area contributed by atoms with Crippen molar-refractivity contribution in [1.82, 2.24) is 10.2 Å². The van der Waals surface area contributed by atoms with Crippen molar-refractivity contribution in [1.29, 1.82) is 0 Å². The molecule has 0 bridgehead atoms. The quantitative estimate of drug-likeness (QED) is 0.638. The van der Waals surface area contributed by atoms with Crippen LogP contribution in [0.3, 0.4) is 0 Å². The number of hydrogen-bond acceptors (Lipinski definition) is 4. The summed E-state index contributed by atoms with van der Waals surface area (Å²) in [5, 5.41) is 7.92.